The number of aromatic nitrogens is 3. The van der Waals surface area contributed by atoms with E-state index in [9.17, 15) is 4.79 Å². The predicted molar refractivity (Wildman–Crippen MR) is 128 cm³/mol. The summed E-state index contributed by atoms with van der Waals surface area (Å²) in [5.74, 6) is 1.70. The van der Waals surface area contributed by atoms with Crippen molar-refractivity contribution in [1.82, 2.24) is 15.0 Å². The van der Waals surface area contributed by atoms with Crippen molar-refractivity contribution in [3.8, 4) is 28.4 Å². The number of aliphatic carboxylic acids is 1. The number of carbonyl (C=O) groups is 1. The zero-order chi connectivity index (χ0) is 22.8. The lowest BCUT2D eigenvalue weighted by atomic mass is 9.77. The molecule has 0 unspecified atom stereocenters. The number of hydrogen-bond donors (Lipinski definition) is 2. The second kappa shape index (κ2) is 9.06. The van der Waals surface area contributed by atoms with Crippen molar-refractivity contribution < 1.29 is 14.6 Å². The number of nitrogens with one attached hydrogen (secondary N) is 1. The SMILES string of the molecule is COc1ccc2nc(-c3ccc(-c4ccc(C5CCC(CC(=O)O)CC5)cc4)cn3)[nH]c2c1. The maximum Gasteiger partial charge on any atom is 0.303 e. The number of nitrogens with zero attached hydrogens (tertiary/aromatic N) is 2. The van der Waals surface area contributed by atoms with Crippen LogP contribution in [-0.2, 0) is 4.79 Å². The van der Waals surface area contributed by atoms with Crippen LogP contribution in [-0.4, -0.2) is 33.1 Å². The van der Waals surface area contributed by atoms with Crippen LogP contribution in [0, 0.1) is 5.92 Å². The molecule has 0 saturated heterocycles. The van der Waals surface area contributed by atoms with Gasteiger partial charge in [-0.25, -0.2) is 4.98 Å². The number of fused-ring (bicyclic) bond motifs is 1. The molecule has 2 N–H and O–H groups in total. The first-order valence-corrected chi connectivity index (χ1v) is 11.4. The van der Waals surface area contributed by atoms with E-state index in [4.69, 9.17) is 9.84 Å². The lowest BCUT2D eigenvalue weighted by Crippen LogP contribution is -2.16. The Morgan fingerprint density at radius 2 is 1.79 bits per heavy atom. The van der Waals surface area contributed by atoms with Crippen molar-refractivity contribution >= 4 is 17.0 Å². The second-order valence-electron chi connectivity index (χ2n) is 8.84. The van der Waals surface area contributed by atoms with Crippen LogP contribution in [0.25, 0.3) is 33.7 Å². The molecule has 5 rings (SSSR count). The number of rotatable bonds is 6. The summed E-state index contributed by atoms with van der Waals surface area (Å²) in [6.07, 6.45) is 6.32. The Morgan fingerprint density at radius 1 is 1.03 bits per heavy atom. The smallest absolute Gasteiger partial charge is 0.303 e. The highest BCUT2D eigenvalue weighted by molar-refractivity contribution is 5.80. The Bertz CT molecular complexity index is 1250. The zero-order valence-electron chi connectivity index (χ0n) is 18.6. The fraction of sp³-hybridized carbons (Fsp3) is 0.296. The van der Waals surface area contributed by atoms with Gasteiger partial charge in [0.15, 0.2) is 5.82 Å². The number of imidazole rings is 1. The summed E-state index contributed by atoms with van der Waals surface area (Å²) >= 11 is 0. The number of aromatic amines is 1. The number of H-pyrrole nitrogens is 1. The molecule has 0 atom stereocenters. The average Bonchev–Trinajstić information content (AvgIpc) is 3.28. The van der Waals surface area contributed by atoms with Crippen LogP contribution in [0.15, 0.2) is 60.8 Å². The van der Waals surface area contributed by atoms with Gasteiger partial charge < -0.3 is 14.8 Å². The molecule has 2 heterocycles. The number of hydrogen-bond acceptors (Lipinski definition) is 4. The van der Waals surface area contributed by atoms with E-state index in [0.717, 1.165) is 65.1 Å². The van der Waals surface area contributed by atoms with Gasteiger partial charge in [-0.3, -0.25) is 9.78 Å². The Balaban J connectivity index is 1.27. The topological polar surface area (TPSA) is 88.1 Å². The lowest BCUT2D eigenvalue weighted by molar-refractivity contribution is -0.138. The number of ether oxygens (including phenoxy) is 1. The predicted octanol–water partition coefficient (Wildman–Crippen LogP) is 6.05. The van der Waals surface area contributed by atoms with Gasteiger partial charge in [0.2, 0.25) is 0 Å². The molecule has 0 radical (unpaired) electrons. The normalized spacial score (nSPS) is 18.3. The highest BCUT2D eigenvalue weighted by atomic mass is 16.5. The fourth-order valence-corrected chi connectivity index (χ4v) is 4.84. The Hall–Kier alpha value is -3.67. The van der Waals surface area contributed by atoms with E-state index in [1.165, 1.54) is 5.56 Å². The maximum absolute atomic E-state index is 10.9. The minimum absolute atomic E-state index is 0.302. The van der Waals surface area contributed by atoms with Crippen molar-refractivity contribution in [2.24, 2.45) is 5.92 Å². The molecule has 0 aliphatic heterocycles. The quantitative estimate of drug-likeness (QED) is 0.380. The summed E-state index contributed by atoms with van der Waals surface area (Å²) < 4.78 is 5.28. The molecule has 6 nitrogen and oxygen atoms in total. The first-order valence-electron chi connectivity index (χ1n) is 11.4. The molecule has 2 aromatic carbocycles. The minimum atomic E-state index is -0.678. The standard InChI is InChI=1S/C27H27N3O3/c1-33-22-11-13-23-25(15-22)30-27(29-23)24-12-10-21(16-28-24)20-8-6-19(7-9-20)18-4-2-17(3-5-18)14-26(31)32/h6-13,15-18H,2-5,14H2,1H3,(H,29,30)(H,31,32). The van der Waals surface area contributed by atoms with Crippen molar-refractivity contribution in [3.63, 3.8) is 0 Å². The van der Waals surface area contributed by atoms with Crippen LogP contribution in [0.5, 0.6) is 5.75 Å². The summed E-state index contributed by atoms with van der Waals surface area (Å²) in [7, 11) is 1.65. The van der Waals surface area contributed by atoms with Gasteiger partial charge in [0.05, 0.1) is 18.1 Å². The number of carboxylic acids is 1. The molecule has 1 saturated carbocycles. The molecule has 1 fully saturated rings. The Labute approximate surface area is 192 Å². The van der Waals surface area contributed by atoms with E-state index in [-0.39, 0.29) is 0 Å². The van der Waals surface area contributed by atoms with Crippen LogP contribution in [0.3, 0.4) is 0 Å². The van der Waals surface area contributed by atoms with Crippen LogP contribution in [0.1, 0.15) is 43.6 Å². The van der Waals surface area contributed by atoms with E-state index < -0.39 is 5.97 Å². The second-order valence-corrected chi connectivity index (χ2v) is 8.84. The molecule has 6 heteroatoms. The van der Waals surface area contributed by atoms with Crippen LogP contribution in [0.4, 0.5) is 0 Å². The monoisotopic (exact) mass is 441 g/mol. The highest BCUT2D eigenvalue weighted by Crippen LogP contribution is 2.37. The molecule has 0 spiro atoms. The Kier molecular flexibility index (Phi) is 5.82. The number of methoxy groups -OCH3 is 1. The van der Waals surface area contributed by atoms with Gasteiger partial charge in [-0.15, -0.1) is 0 Å². The van der Waals surface area contributed by atoms with Gasteiger partial charge in [-0.2, -0.15) is 0 Å². The minimum Gasteiger partial charge on any atom is -0.497 e. The summed E-state index contributed by atoms with van der Waals surface area (Å²) in [6, 6.07) is 18.5. The molecule has 4 aromatic rings. The first kappa shape index (κ1) is 21.2. The molecule has 168 valence electrons. The molecule has 1 aliphatic carbocycles. The Morgan fingerprint density at radius 3 is 2.45 bits per heavy atom. The van der Waals surface area contributed by atoms with Crippen LogP contribution >= 0.6 is 0 Å². The van der Waals surface area contributed by atoms with E-state index in [0.29, 0.717) is 18.3 Å². The van der Waals surface area contributed by atoms with Gasteiger partial charge in [0, 0.05) is 24.2 Å². The third kappa shape index (κ3) is 4.60. The molecule has 0 amide bonds. The van der Waals surface area contributed by atoms with E-state index in [2.05, 4.69) is 45.3 Å². The van der Waals surface area contributed by atoms with Gasteiger partial charge in [-0.05, 0) is 66.8 Å². The van der Waals surface area contributed by atoms with E-state index in [1.54, 1.807) is 7.11 Å². The molecule has 2 aromatic heterocycles. The third-order valence-electron chi connectivity index (χ3n) is 6.72. The lowest BCUT2D eigenvalue weighted by Gasteiger charge is -2.28. The fourth-order valence-electron chi connectivity index (χ4n) is 4.84. The summed E-state index contributed by atoms with van der Waals surface area (Å²) in [5.41, 5.74) is 6.13. The molecule has 1 aliphatic rings. The van der Waals surface area contributed by atoms with Crippen LogP contribution < -0.4 is 4.74 Å². The van der Waals surface area contributed by atoms with E-state index >= 15 is 0 Å². The molecular weight excluding hydrogens is 414 g/mol. The highest BCUT2D eigenvalue weighted by Gasteiger charge is 2.24. The third-order valence-corrected chi connectivity index (χ3v) is 6.72. The number of carboxylic acid groups (broad SMARTS) is 1. The van der Waals surface area contributed by atoms with Gasteiger partial charge >= 0.3 is 5.97 Å². The van der Waals surface area contributed by atoms with Gasteiger partial charge in [0.25, 0.3) is 0 Å². The number of benzene rings is 2. The number of pyridine rings is 1. The molecule has 33 heavy (non-hydrogen) atoms. The average molecular weight is 442 g/mol. The summed E-state index contributed by atoms with van der Waals surface area (Å²) in [4.78, 5) is 23.5. The summed E-state index contributed by atoms with van der Waals surface area (Å²) in [6.45, 7) is 0. The zero-order valence-corrected chi connectivity index (χ0v) is 18.6. The van der Waals surface area contributed by atoms with Crippen molar-refractivity contribution in [3.05, 3.63) is 66.4 Å². The van der Waals surface area contributed by atoms with Crippen molar-refractivity contribution in [2.45, 2.75) is 38.0 Å². The van der Waals surface area contributed by atoms with E-state index in [1.807, 2.05) is 30.5 Å². The summed E-state index contributed by atoms with van der Waals surface area (Å²) in [5, 5.41) is 9.01. The first-order chi connectivity index (χ1) is 16.1. The van der Waals surface area contributed by atoms with Crippen molar-refractivity contribution in [2.75, 3.05) is 7.11 Å². The maximum atomic E-state index is 10.9. The van der Waals surface area contributed by atoms with Gasteiger partial charge in [0.1, 0.15) is 11.4 Å². The van der Waals surface area contributed by atoms with Crippen LogP contribution in [0.2, 0.25) is 0 Å². The van der Waals surface area contributed by atoms with Crippen molar-refractivity contribution in [1.29, 1.82) is 0 Å². The van der Waals surface area contributed by atoms with Gasteiger partial charge in [-0.1, -0.05) is 30.3 Å². The largest absolute Gasteiger partial charge is 0.497 e. The molecular formula is C27H27N3O3. The molecule has 0 bridgehead atoms.